The van der Waals surface area contributed by atoms with Crippen molar-refractivity contribution in [3.63, 3.8) is 0 Å². The zero-order chi connectivity index (χ0) is 11.7. The van der Waals surface area contributed by atoms with E-state index in [0.717, 1.165) is 12.5 Å². The lowest BCUT2D eigenvalue weighted by molar-refractivity contribution is -0.131. The smallest absolute Gasteiger partial charge is 0.328 e. The van der Waals surface area contributed by atoms with Crippen molar-refractivity contribution in [2.45, 2.75) is 13.3 Å². The number of carboxylic acid groups (broad SMARTS) is 1. The van der Waals surface area contributed by atoms with Crippen LogP contribution in [-0.4, -0.2) is 48.6 Å². The highest BCUT2D eigenvalue weighted by atomic mass is 16.4. The van der Waals surface area contributed by atoms with E-state index in [1.165, 1.54) is 6.08 Å². The predicted octanol–water partition coefficient (Wildman–Crippen LogP) is 0.0852. The molecule has 0 rings (SSSR count). The summed E-state index contributed by atoms with van der Waals surface area (Å²) in [5, 5.41) is 11.1. The van der Waals surface area contributed by atoms with Gasteiger partial charge in [0.2, 0.25) is 5.91 Å². The second kappa shape index (κ2) is 7.99. The van der Waals surface area contributed by atoms with Crippen molar-refractivity contribution in [3.05, 3.63) is 12.2 Å². The molecule has 1 amide bonds. The zero-order valence-corrected chi connectivity index (χ0v) is 9.19. The van der Waals surface area contributed by atoms with E-state index in [1.807, 2.05) is 6.92 Å². The summed E-state index contributed by atoms with van der Waals surface area (Å²) in [6.07, 6.45) is 3.49. The van der Waals surface area contributed by atoms with Gasteiger partial charge in [-0.1, -0.05) is 13.0 Å². The van der Waals surface area contributed by atoms with Crippen LogP contribution in [0.15, 0.2) is 12.2 Å². The minimum absolute atomic E-state index is 0.0388. The van der Waals surface area contributed by atoms with Crippen molar-refractivity contribution < 1.29 is 14.7 Å². The average Bonchev–Trinajstić information content (AvgIpc) is 2.14. The number of carboxylic acids is 1. The van der Waals surface area contributed by atoms with E-state index in [9.17, 15) is 9.59 Å². The molecule has 0 spiro atoms. The van der Waals surface area contributed by atoms with Gasteiger partial charge in [0.1, 0.15) is 0 Å². The SMILES string of the molecule is CCCNC(=O)CN(C)C/C=C/C(=O)O. The fraction of sp³-hybridized carbons (Fsp3) is 0.600. The van der Waals surface area contributed by atoms with E-state index >= 15 is 0 Å². The molecule has 86 valence electrons. The second-order valence-corrected chi connectivity index (χ2v) is 3.29. The summed E-state index contributed by atoms with van der Waals surface area (Å²) < 4.78 is 0. The number of amides is 1. The van der Waals surface area contributed by atoms with E-state index in [2.05, 4.69) is 5.32 Å². The number of nitrogens with one attached hydrogen (secondary N) is 1. The molecule has 0 aliphatic carbocycles. The number of rotatable bonds is 7. The van der Waals surface area contributed by atoms with Crippen LogP contribution in [0.25, 0.3) is 0 Å². The summed E-state index contributed by atoms with van der Waals surface area (Å²) >= 11 is 0. The number of nitrogens with zero attached hydrogens (tertiary/aromatic N) is 1. The first kappa shape index (κ1) is 13.6. The molecule has 2 N–H and O–H groups in total. The average molecular weight is 214 g/mol. The lowest BCUT2D eigenvalue weighted by Gasteiger charge is -2.13. The summed E-state index contributed by atoms with van der Waals surface area (Å²) in [7, 11) is 1.76. The molecule has 5 heteroatoms. The molecule has 0 heterocycles. The van der Waals surface area contributed by atoms with E-state index in [1.54, 1.807) is 11.9 Å². The summed E-state index contributed by atoms with van der Waals surface area (Å²) in [5.74, 6) is -1.01. The number of carbonyl (C=O) groups excluding carboxylic acids is 1. The van der Waals surface area contributed by atoms with Crippen LogP contribution in [0.3, 0.4) is 0 Å². The summed E-state index contributed by atoms with van der Waals surface area (Å²) in [4.78, 5) is 23.1. The molecule has 0 saturated heterocycles. The van der Waals surface area contributed by atoms with E-state index in [-0.39, 0.29) is 12.5 Å². The van der Waals surface area contributed by atoms with Gasteiger partial charge in [-0.05, 0) is 13.5 Å². The highest BCUT2D eigenvalue weighted by Gasteiger charge is 2.03. The van der Waals surface area contributed by atoms with E-state index < -0.39 is 5.97 Å². The topological polar surface area (TPSA) is 69.6 Å². The van der Waals surface area contributed by atoms with Gasteiger partial charge in [-0.15, -0.1) is 0 Å². The lowest BCUT2D eigenvalue weighted by atomic mass is 10.4. The van der Waals surface area contributed by atoms with Gasteiger partial charge in [0.15, 0.2) is 0 Å². The monoisotopic (exact) mass is 214 g/mol. The largest absolute Gasteiger partial charge is 0.478 e. The Morgan fingerprint density at radius 1 is 1.47 bits per heavy atom. The Morgan fingerprint density at radius 2 is 2.13 bits per heavy atom. The molecule has 0 aromatic carbocycles. The molecular formula is C10H18N2O3. The standard InChI is InChI=1S/C10H18N2O3/c1-3-6-11-9(13)8-12(2)7-4-5-10(14)15/h4-5H,3,6-8H2,1-2H3,(H,11,13)(H,14,15)/b5-4+. The van der Waals surface area contributed by atoms with Gasteiger partial charge in [0.25, 0.3) is 0 Å². The first-order valence-corrected chi connectivity index (χ1v) is 4.91. The number of likely N-dealkylation sites (N-methyl/N-ethyl adjacent to an activating group) is 1. The Balaban J connectivity index is 3.68. The quantitative estimate of drug-likeness (QED) is 0.589. The van der Waals surface area contributed by atoms with Crippen LogP contribution < -0.4 is 5.32 Å². The van der Waals surface area contributed by atoms with E-state index in [4.69, 9.17) is 5.11 Å². The minimum Gasteiger partial charge on any atom is -0.478 e. The van der Waals surface area contributed by atoms with Gasteiger partial charge in [-0.2, -0.15) is 0 Å². The zero-order valence-electron chi connectivity index (χ0n) is 9.19. The first-order valence-electron chi connectivity index (χ1n) is 4.91. The lowest BCUT2D eigenvalue weighted by Crippen LogP contribution is -2.35. The Bertz CT molecular complexity index is 239. The second-order valence-electron chi connectivity index (χ2n) is 3.29. The first-order chi connectivity index (χ1) is 7.06. The third-order valence-corrected chi connectivity index (χ3v) is 1.66. The molecule has 0 bridgehead atoms. The van der Waals surface area contributed by atoms with Crippen molar-refractivity contribution in [1.82, 2.24) is 10.2 Å². The summed E-state index contributed by atoms with van der Waals surface area (Å²) in [6, 6.07) is 0. The highest BCUT2D eigenvalue weighted by Crippen LogP contribution is 1.84. The molecule has 0 aliphatic heterocycles. The molecule has 15 heavy (non-hydrogen) atoms. The van der Waals surface area contributed by atoms with Crippen molar-refractivity contribution in [3.8, 4) is 0 Å². The Kier molecular flexibility index (Phi) is 7.27. The van der Waals surface area contributed by atoms with Crippen LogP contribution in [0.4, 0.5) is 0 Å². The fourth-order valence-electron chi connectivity index (χ4n) is 0.963. The third-order valence-electron chi connectivity index (χ3n) is 1.66. The predicted molar refractivity (Wildman–Crippen MR) is 57.6 cm³/mol. The molecule has 0 aromatic heterocycles. The molecule has 0 aliphatic rings. The fourth-order valence-corrected chi connectivity index (χ4v) is 0.963. The van der Waals surface area contributed by atoms with Crippen LogP contribution in [0.5, 0.6) is 0 Å². The van der Waals surface area contributed by atoms with E-state index in [0.29, 0.717) is 13.1 Å². The minimum atomic E-state index is -0.973. The van der Waals surface area contributed by atoms with Gasteiger partial charge in [0, 0.05) is 19.2 Å². The third kappa shape index (κ3) is 8.96. The highest BCUT2D eigenvalue weighted by molar-refractivity contribution is 5.80. The van der Waals surface area contributed by atoms with Gasteiger partial charge in [-0.3, -0.25) is 9.69 Å². The molecule has 0 saturated carbocycles. The van der Waals surface area contributed by atoms with Crippen molar-refractivity contribution >= 4 is 11.9 Å². The number of carbonyl (C=O) groups is 2. The maximum absolute atomic E-state index is 11.2. The molecule has 0 atom stereocenters. The number of hydrogen-bond acceptors (Lipinski definition) is 3. The van der Waals surface area contributed by atoms with Crippen molar-refractivity contribution in [1.29, 1.82) is 0 Å². The maximum Gasteiger partial charge on any atom is 0.328 e. The molecule has 0 aromatic rings. The molecule has 0 fully saturated rings. The van der Waals surface area contributed by atoms with Gasteiger partial charge < -0.3 is 10.4 Å². The van der Waals surface area contributed by atoms with Crippen LogP contribution in [0, 0.1) is 0 Å². The van der Waals surface area contributed by atoms with Gasteiger partial charge in [0.05, 0.1) is 6.54 Å². The number of hydrogen-bond donors (Lipinski definition) is 2. The molecular weight excluding hydrogens is 196 g/mol. The normalized spacial score (nSPS) is 10.9. The summed E-state index contributed by atoms with van der Waals surface area (Å²) in [6.45, 7) is 3.40. The Labute approximate surface area is 89.8 Å². The van der Waals surface area contributed by atoms with Crippen LogP contribution >= 0.6 is 0 Å². The Hall–Kier alpha value is -1.36. The van der Waals surface area contributed by atoms with Crippen LogP contribution in [0.1, 0.15) is 13.3 Å². The van der Waals surface area contributed by atoms with Crippen LogP contribution in [-0.2, 0) is 9.59 Å². The Morgan fingerprint density at radius 3 is 2.67 bits per heavy atom. The number of aliphatic carboxylic acids is 1. The van der Waals surface area contributed by atoms with Gasteiger partial charge >= 0.3 is 5.97 Å². The summed E-state index contributed by atoms with van der Waals surface area (Å²) in [5.41, 5.74) is 0. The van der Waals surface area contributed by atoms with Crippen molar-refractivity contribution in [2.75, 3.05) is 26.7 Å². The maximum atomic E-state index is 11.2. The van der Waals surface area contributed by atoms with Crippen LogP contribution in [0.2, 0.25) is 0 Å². The van der Waals surface area contributed by atoms with Crippen molar-refractivity contribution in [2.24, 2.45) is 0 Å². The molecule has 0 unspecified atom stereocenters. The molecule has 0 radical (unpaired) electrons. The molecule has 5 nitrogen and oxygen atoms in total. The van der Waals surface area contributed by atoms with Gasteiger partial charge in [-0.25, -0.2) is 4.79 Å².